The monoisotopic (exact) mass is 227 g/mol. The molecule has 0 bridgehead atoms. The minimum absolute atomic E-state index is 0.645. The average molecular weight is 227 g/mol. The summed E-state index contributed by atoms with van der Waals surface area (Å²) < 4.78 is 5.69. The molecule has 0 saturated heterocycles. The molecule has 0 saturated carbocycles. The number of hydrogen-bond acceptors (Lipinski definition) is 2. The van der Waals surface area contributed by atoms with E-state index in [1.807, 2.05) is 43.3 Å². The first-order valence-electron chi connectivity index (χ1n) is 5.33. The molecule has 2 rings (SSSR count). The van der Waals surface area contributed by atoms with E-state index >= 15 is 0 Å². The molecule has 3 heteroatoms. The van der Waals surface area contributed by atoms with Crippen molar-refractivity contribution >= 4 is 12.1 Å². The number of ether oxygens (including phenoxy) is 1. The normalized spacial score (nSPS) is 9.71. The van der Waals surface area contributed by atoms with Crippen molar-refractivity contribution in [1.82, 2.24) is 0 Å². The van der Waals surface area contributed by atoms with Crippen LogP contribution in [0.5, 0.6) is 11.5 Å². The van der Waals surface area contributed by atoms with Gasteiger partial charge in [0, 0.05) is 11.8 Å². The van der Waals surface area contributed by atoms with Crippen LogP contribution in [-0.4, -0.2) is 6.41 Å². The molecule has 0 spiro atoms. The molecular formula is C14H13NO2. The maximum absolute atomic E-state index is 10.3. The Morgan fingerprint density at radius 1 is 1.06 bits per heavy atom. The molecule has 3 nitrogen and oxygen atoms in total. The minimum atomic E-state index is 0.645. The SMILES string of the molecule is Cc1cccc(Oc2cccc(NC=O)c2)c1. The van der Waals surface area contributed by atoms with Crippen molar-refractivity contribution in [1.29, 1.82) is 0 Å². The molecule has 17 heavy (non-hydrogen) atoms. The van der Waals surface area contributed by atoms with Crippen LogP contribution in [0.4, 0.5) is 5.69 Å². The predicted molar refractivity (Wildman–Crippen MR) is 67.4 cm³/mol. The summed E-state index contributed by atoms with van der Waals surface area (Å²) in [5.74, 6) is 1.48. The van der Waals surface area contributed by atoms with Gasteiger partial charge in [0.15, 0.2) is 0 Å². The van der Waals surface area contributed by atoms with Gasteiger partial charge in [-0.1, -0.05) is 18.2 Å². The van der Waals surface area contributed by atoms with Gasteiger partial charge in [-0.05, 0) is 36.8 Å². The summed E-state index contributed by atoms with van der Waals surface area (Å²) in [6.45, 7) is 2.01. The molecule has 0 aromatic heterocycles. The lowest BCUT2D eigenvalue weighted by atomic mass is 10.2. The molecule has 0 aliphatic rings. The third-order valence-electron chi connectivity index (χ3n) is 2.28. The van der Waals surface area contributed by atoms with E-state index in [2.05, 4.69) is 5.32 Å². The van der Waals surface area contributed by atoms with Gasteiger partial charge in [-0.15, -0.1) is 0 Å². The Balaban J connectivity index is 2.18. The summed E-state index contributed by atoms with van der Waals surface area (Å²) in [4.78, 5) is 10.3. The number of nitrogens with one attached hydrogen (secondary N) is 1. The van der Waals surface area contributed by atoms with E-state index in [0.29, 0.717) is 17.8 Å². The largest absolute Gasteiger partial charge is 0.457 e. The Morgan fingerprint density at radius 2 is 1.76 bits per heavy atom. The van der Waals surface area contributed by atoms with E-state index in [1.165, 1.54) is 0 Å². The standard InChI is InChI=1S/C14H13NO2/c1-11-4-2-6-13(8-11)17-14-7-3-5-12(9-14)15-10-16/h2-10H,1H3,(H,15,16). The Morgan fingerprint density at radius 3 is 2.47 bits per heavy atom. The minimum Gasteiger partial charge on any atom is -0.457 e. The van der Waals surface area contributed by atoms with Crippen LogP contribution in [-0.2, 0) is 4.79 Å². The lowest BCUT2D eigenvalue weighted by Crippen LogP contribution is -1.93. The van der Waals surface area contributed by atoms with Crippen LogP contribution in [0.1, 0.15) is 5.56 Å². The zero-order valence-corrected chi connectivity index (χ0v) is 9.51. The Kier molecular flexibility index (Phi) is 3.40. The average Bonchev–Trinajstić information content (AvgIpc) is 2.30. The second-order valence-electron chi connectivity index (χ2n) is 3.71. The third-order valence-corrected chi connectivity index (χ3v) is 2.28. The number of rotatable bonds is 4. The van der Waals surface area contributed by atoms with Crippen molar-refractivity contribution in [2.24, 2.45) is 0 Å². The zero-order chi connectivity index (χ0) is 12.1. The van der Waals surface area contributed by atoms with Crippen LogP contribution in [0.25, 0.3) is 0 Å². The summed E-state index contributed by atoms with van der Waals surface area (Å²) in [7, 11) is 0. The molecule has 2 aromatic rings. The van der Waals surface area contributed by atoms with Crippen molar-refractivity contribution in [3.63, 3.8) is 0 Å². The van der Waals surface area contributed by atoms with Crippen molar-refractivity contribution in [3.8, 4) is 11.5 Å². The molecule has 0 fully saturated rings. The van der Waals surface area contributed by atoms with Crippen LogP contribution >= 0.6 is 0 Å². The number of carbonyl (C=O) groups excluding carboxylic acids is 1. The Labute approximate surface area is 100 Å². The molecule has 0 atom stereocenters. The van der Waals surface area contributed by atoms with Crippen molar-refractivity contribution in [3.05, 3.63) is 54.1 Å². The molecule has 2 aromatic carbocycles. The van der Waals surface area contributed by atoms with Gasteiger partial charge in [0.05, 0.1) is 0 Å². The summed E-state index contributed by atoms with van der Waals surface area (Å²) >= 11 is 0. The van der Waals surface area contributed by atoms with Gasteiger partial charge < -0.3 is 10.1 Å². The molecule has 1 N–H and O–H groups in total. The van der Waals surface area contributed by atoms with Crippen molar-refractivity contribution < 1.29 is 9.53 Å². The fourth-order valence-electron chi connectivity index (χ4n) is 1.53. The van der Waals surface area contributed by atoms with E-state index < -0.39 is 0 Å². The van der Waals surface area contributed by atoms with Gasteiger partial charge in [-0.2, -0.15) is 0 Å². The van der Waals surface area contributed by atoms with E-state index in [1.54, 1.807) is 12.1 Å². The second-order valence-corrected chi connectivity index (χ2v) is 3.71. The molecular weight excluding hydrogens is 214 g/mol. The maximum atomic E-state index is 10.3. The highest BCUT2D eigenvalue weighted by Crippen LogP contribution is 2.24. The third kappa shape index (κ3) is 3.08. The number of aryl methyl sites for hydroxylation is 1. The number of benzene rings is 2. The number of hydrogen-bond donors (Lipinski definition) is 1. The van der Waals surface area contributed by atoms with Crippen LogP contribution < -0.4 is 10.1 Å². The highest BCUT2D eigenvalue weighted by Gasteiger charge is 1.98. The quantitative estimate of drug-likeness (QED) is 0.813. The maximum Gasteiger partial charge on any atom is 0.211 e. The second kappa shape index (κ2) is 5.16. The number of amides is 1. The van der Waals surface area contributed by atoms with Crippen molar-refractivity contribution in [2.45, 2.75) is 6.92 Å². The van der Waals surface area contributed by atoms with E-state index in [-0.39, 0.29) is 0 Å². The van der Waals surface area contributed by atoms with Gasteiger partial charge in [-0.3, -0.25) is 4.79 Å². The summed E-state index contributed by atoms with van der Waals surface area (Å²) in [6, 6.07) is 15.1. The lowest BCUT2D eigenvalue weighted by Gasteiger charge is -2.07. The molecule has 0 unspecified atom stereocenters. The first-order chi connectivity index (χ1) is 8.28. The topological polar surface area (TPSA) is 38.3 Å². The molecule has 86 valence electrons. The fourth-order valence-corrected chi connectivity index (χ4v) is 1.53. The van der Waals surface area contributed by atoms with Crippen molar-refractivity contribution in [2.75, 3.05) is 5.32 Å². The highest BCUT2D eigenvalue weighted by atomic mass is 16.5. The molecule has 0 aliphatic heterocycles. The highest BCUT2D eigenvalue weighted by molar-refractivity contribution is 5.71. The predicted octanol–water partition coefficient (Wildman–Crippen LogP) is 3.36. The molecule has 1 amide bonds. The van der Waals surface area contributed by atoms with Gasteiger partial charge in [0.1, 0.15) is 11.5 Å². The fraction of sp³-hybridized carbons (Fsp3) is 0.0714. The number of carbonyl (C=O) groups is 1. The van der Waals surface area contributed by atoms with Gasteiger partial charge in [0.25, 0.3) is 0 Å². The zero-order valence-electron chi connectivity index (χ0n) is 9.51. The van der Waals surface area contributed by atoms with E-state index in [9.17, 15) is 4.79 Å². The van der Waals surface area contributed by atoms with Gasteiger partial charge in [0.2, 0.25) is 6.41 Å². The molecule has 0 heterocycles. The summed E-state index contributed by atoms with van der Waals surface area (Å²) in [6.07, 6.45) is 0.645. The van der Waals surface area contributed by atoms with E-state index in [4.69, 9.17) is 4.74 Å². The van der Waals surface area contributed by atoms with Gasteiger partial charge in [-0.25, -0.2) is 0 Å². The first kappa shape index (κ1) is 11.2. The lowest BCUT2D eigenvalue weighted by molar-refractivity contribution is -0.105. The van der Waals surface area contributed by atoms with Crippen LogP contribution in [0.15, 0.2) is 48.5 Å². The first-order valence-corrected chi connectivity index (χ1v) is 5.33. The van der Waals surface area contributed by atoms with E-state index in [0.717, 1.165) is 11.3 Å². The smallest absolute Gasteiger partial charge is 0.211 e. The van der Waals surface area contributed by atoms with Crippen LogP contribution in [0, 0.1) is 6.92 Å². The molecule has 0 radical (unpaired) electrons. The summed E-state index contributed by atoms with van der Waals surface area (Å²) in [5.41, 5.74) is 1.86. The number of anilines is 1. The van der Waals surface area contributed by atoms with Crippen LogP contribution in [0.2, 0.25) is 0 Å². The van der Waals surface area contributed by atoms with Gasteiger partial charge >= 0.3 is 0 Å². The Hall–Kier alpha value is -2.29. The molecule has 0 aliphatic carbocycles. The Bertz CT molecular complexity index is 523. The summed E-state index contributed by atoms with van der Waals surface area (Å²) in [5, 5.41) is 2.58. The van der Waals surface area contributed by atoms with Crippen LogP contribution in [0.3, 0.4) is 0 Å².